The number of methoxy groups -OCH3 is 1. The quantitative estimate of drug-likeness (QED) is 0.284. The molecule has 0 bridgehead atoms. The summed E-state index contributed by atoms with van der Waals surface area (Å²) >= 11 is 25.2. The van der Waals surface area contributed by atoms with Crippen LogP contribution in [0, 0.1) is 0 Å². The zero-order valence-electron chi connectivity index (χ0n) is 15.2. The van der Waals surface area contributed by atoms with Crippen molar-refractivity contribution in [2.75, 3.05) is 17.7 Å². The number of nitrogens with one attached hydrogen (secondary N) is 2. The van der Waals surface area contributed by atoms with E-state index in [4.69, 9.17) is 51.8 Å². The maximum absolute atomic E-state index is 12.5. The van der Waals surface area contributed by atoms with Gasteiger partial charge in [-0.1, -0.05) is 47.6 Å². The molecule has 9 heteroatoms. The first-order valence-corrected chi connectivity index (χ1v) is 11.2. The van der Waals surface area contributed by atoms with Gasteiger partial charge >= 0.3 is 5.97 Å². The Balaban J connectivity index is 1.87. The number of anilines is 2. The molecule has 0 amide bonds. The Morgan fingerprint density at radius 1 is 1.04 bits per heavy atom. The Hall–Kier alpha value is -1.05. The maximum Gasteiger partial charge on any atom is 0.341 e. The van der Waals surface area contributed by atoms with Crippen LogP contribution in [0.3, 0.4) is 0 Å². The number of aryl methyl sites for hydroxylation is 1. The number of carbonyl (C=O) groups excluding carboxylic acids is 1. The Labute approximate surface area is 188 Å². The number of ether oxygens (including phenoxy) is 1. The molecule has 4 nitrogen and oxygen atoms in total. The van der Waals surface area contributed by atoms with Crippen molar-refractivity contribution < 1.29 is 9.53 Å². The summed E-state index contributed by atoms with van der Waals surface area (Å²) in [7, 11) is 1.39. The minimum Gasteiger partial charge on any atom is -0.465 e. The summed E-state index contributed by atoms with van der Waals surface area (Å²) in [5.74, 6) is -0.351. The average molecular weight is 478 g/mol. The largest absolute Gasteiger partial charge is 0.465 e. The third kappa shape index (κ3) is 4.92. The van der Waals surface area contributed by atoms with Crippen LogP contribution in [0.2, 0.25) is 15.1 Å². The number of hydrogen-bond acceptors (Lipinski definition) is 4. The first-order chi connectivity index (χ1) is 13.4. The molecule has 0 saturated heterocycles. The van der Waals surface area contributed by atoms with Crippen molar-refractivity contribution in [3.63, 3.8) is 0 Å². The molecule has 1 aromatic carbocycles. The highest BCUT2D eigenvalue weighted by Gasteiger charge is 2.25. The maximum atomic E-state index is 12.5. The molecule has 2 aromatic rings. The van der Waals surface area contributed by atoms with Gasteiger partial charge in [0.05, 0.1) is 33.4 Å². The number of hydrogen-bond donors (Lipinski definition) is 2. The SMILES string of the molecule is COC(=O)c1c(NC(=S)Nc2cc(Cl)c(Cl)cc2Cl)sc2c1CCCCCC2. The lowest BCUT2D eigenvalue weighted by atomic mass is 9.96. The molecule has 1 aliphatic carbocycles. The lowest BCUT2D eigenvalue weighted by Gasteiger charge is -2.13. The molecule has 2 N–H and O–H groups in total. The first kappa shape index (κ1) is 21.7. The molecule has 150 valence electrons. The minimum atomic E-state index is -0.351. The van der Waals surface area contributed by atoms with E-state index in [0.717, 1.165) is 31.2 Å². The molecular formula is C19H19Cl3N2O2S2. The highest BCUT2D eigenvalue weighted by atomic mass is 35.5. The van der Waals surface area contributed by atoms with Gasteiger partial charge in [-0.05, 0) is 55.6 Å². The number of esters is 1. The van der Waals surface area contributed by atoms with Gasteiger partial charge in [0, 0.05) is 4.88 Å². The van der Waals surface area contributed by atoms with Crippen LogP contribution >= 0.6 is 58.4 Å². The van der Waals surface area contributed by atoms with Crippen molar-refractivity contribution in [1.82, 2.24) is 0 Å². The van der Waals surface area contributed by atoms with Crippen molar-refractivity contribution in [3.05, 3.63) is 43.2 Å². The summed E-state index contributed by atoms with van der Waals surface area (Å²) in [5.41, 5.74) is 2.19. The van der Waals surface area contributed by atoms with Crippen molar-refractivity contribution in [1.29, 1.82) is 0 Å². The molecule has 1 aliphatic rings. The van der Waals surface area contributed by atoms with Crippen LogP contribution in [-0.4, -0.2) is 18.2 Å². The number of rotatable bonds is 3. The highest BCUT2D eigenvalue weighted by Crippen LogP contribution is 2.38. The van der Waals surface area contributed by atoms with Crippen LogP contribution in [0.4, 0.5) is 10.7 Å². The standard InChI is InChI=1S/C19H19Cl3N2O2S2/c1-26-18(25)16-10-6-4-2-3-5-7-15(10)28-17(16)24-19(27)23-14-9-12(21)11(20)8-13(14)22/h8-9H,2-7H2,1H3,(H2,23,24,27). The van der Waals surface area contributed by atoms with Crippen LogP contribution in [-0.2, 0) is 17.6 Å². The number of thiocarbonyl (C=S) groups is 1. The van der Waals surface area contributed by atoms with Crippen LogP contribution in [0.1, 0.15) is 46.5 Å². The predicted octanol–water partition coefficient (Wildman–Crippen LogP) is 6.96. The molecule has 3 rings (SSSR count). The van der Waals surface area contributed by atoms with Gasteiger partial charge in [-0.15, -0.1) is 11.3 Å². The second-order valence-electron chi connectivity index (χ2n) is 6.44. The van der Waals surface area contributed by atoms with E-state index < -0.39 is 0 Å². The van der Waals surface area contributed by atoms with Crippen LogP contribution in [0.25, 0.3) is 0 Å². The van der Waals surface area contributed by atoms with Crippen molar-refractivity contribution in [3.8, 4) is 0 Å². The van der Waals surface area contributed by atoms with E-state index in [1.54, 1.807) is 23.5 Å². The minimum absolute atomic E-state index is 0.305. The molecule has 0 fully saturated rings. The topological polar surface area (TPSA) is 50.4 Å². The summed E-state index contributed by atoms with van der Waals surface area (Å²) in [6, 6.07) is 3.16. The zero-order chi connectivity index (χ0) is 20.3. The van der Waals surface area contributed by atoms with Crippen LogP contribution in [0.5, 0.6) is 0 Å². The molecule has 28 heavy (non-hydrogen) atoms. The lowest BCUT2D eigenvalue weighted by Crippen LogP contribution is -2.20. The average Bonchev–Trinajstić information content (AvgIpc) is 2.95. The third-order valence-electron chi connectivity index (χ3n) is 4.55. The van der Waals surface area contributed by atoms with E-state index in [9.17, 15) is 4.79 Å². The van der Waals surface area contributed by atoms with E-state index in [-0.39, 0.29) is 5.97 Å². The van der Waals surface area contributed by atoms with Crippen molar-refractivity contribution in [2.24, 2.45) is 0 Å². The predicted molar refractivity (Wildman–Crippen MR) is 123 cm³/mol. The van der Waals surface area contributed by atoms with Crippen molar-refractivity contribution in [2.45, 2.75) is 38.5 Å². The number of fused-ring (bicyclic) bond motifs is 1. The summed E-state index contributed by atoms with van der Waals surface area (Å²) < 4.78 is 5.03. The second-order valence-corrected chi connectivity index (χ2v) is 9.17. The van der Waals surface area contributed by atoms with Gasteiger partial charge in [0.2, 0.25) is 0 Å². The molecule has 0 radical (unpaired) electrons. The van der Waals surface area contributed by atoms with Crippen molar-refractivity contribution >= 4 is 80.1 Å². The Kier molecular flexibility index (Phi) is 7.45. The number of carbonyl (C=O) groups is 1. The fraction of sp³-hybridized carbons (Fsp3) is 0.368. The van der Waals surface area contributed by atoms with Gasteiger partial charge < -0.3 is 15.4 Å². The van der Waals surface area contributed by atoms with Gasteiger partial charge in [0.25, 0.3) is 0 Å². The van der Waals surface area contributed by atoms with Gasteiger partial charge in [0.15, 0.2) is 5.11 Å². The van der Waals surface area contributed by atoms with Crippen LogP contribution < -0.4 is 10.6 Å². The Morgan fingerprint density at radius 3 is 2.43 bits per heavy atom. The van der Waals surface area contributed by atoms with E-state index in [0.29, 0.717) is 36.4 Å². The van der Waals surface area contributed by atoms with E-state index in [1.807, 2.05) is 0 Å². The molecular weight excluding hydrogens is 459 g/mol. The van der Waals surface area contributed by atoms with Gasteiger partial charge in [-0.3, -0.25) is 0 Å². The van der Waals surface area contributed by atoms with Gasteiger partial charge in [-0.25, -0.2) is 4.79 Å². The number of benzene rings is 1. The zero-order valence-corrected chi connectivity index (χ0v) is 19.1. The molecule has 1 aromatic heterocycles. The first-order valence-electron chi connectivity index (χ1n) is 8.86. The Morgan fingerprint density at radius 2 is 1.71 bits per heavy atom. The smallest absolute Gasteiger partial charge is 0.341 e. The fourth-order valence-electron chi connectivity index (χ4n) is 3.20. The summed E-state index contributed by atoms with van der Waals surface area (Å²) in [6.45, 7) is 0. The molecule has 1 heterocycles. The van der Waals surface area contributed by atoms with Crippen LogP contribution in [0.15, 0.2) is 12.1 Å². The van der Waals surface area contributed by atoms with E-state index in [1.165, 1.54) is 24.8 Å². The van der Waals surface area contributed by atoms with Gasteiger partial charge in [-0.2, -0.15) is 0 Å². The van der Waals surface area contributed by atoms with E-state index >= 15 is 0 Å². The Bertz CT molecular complexity index is 915. The molecule has 0 atom stereocenters. The number of thiophene rings is 1. The summed E-state index contributed by atoms with van der Waals surface area (Å²) in [5, 5.41) is 8.27. The summed E-state index contributed by atoms with van der Waals surface area (Å²) in [4.78, 5) is 13.7. The fourth-order valence-corrected chi connectivity index (χ4v) is 5.35. The number of halogens is 3. The molecule has 0 spiro atoms. The monoisotopic (exact) mass is 476 g/mol. The molecule has 0 saturated carbocycles. The van der Waals surface area contributed by atoms with Gasteiger partial charge in [0.1, 0.15) is 5.00 Å². The summed E-state index contributed by atoms with van der Waals surface area (Å²) in [6.07, 6.45) is 6.41. The highest BCUT2D eigenvalue weighted by molar-refractivity contribution is 7.80. The lowest BCUT2D eigenvalue weighted by molar-refractivity contribution is 0.0601. The third-order valence-corrected chi connectivity index (χ3v) is 6.99. The molecule has 0 aliphatic heterocycles. The molecule has 0 unspecified atom stereocenters. The second kappa shape index (κ2) is 9.63. The van der Waals surface area contributed by atoms with E-state index in [2.05, 4.69) is 10.6 Å². The normalized spacial score (nSPS) is 13.9.